The van der Waals surface area contributed by atoms with Crippen LogP contribution in [0, 0.1) is 6.92 Å². The van der Waals surface area contributed by atoms with Crippen molar-refractivity contribution in [3.8, 4) is 0 Å². The van der Waals surface area contributed by atoms with Crippen molar-refractivity contribution in [3.05, 3.63) is 26.6 Å². The van der Waals surface area contributed by atoms with Crippen molar-refractivity contribution in [2.75, 3.05) is 0 Å². The van der Waals surface area contributed by atoms with Gasteiger partial charge in [0.15, 0.2) is 0 Å². The molecule has 1 fully saturated rings. The highest BCUT2D eigenvalue weighted by Crippen LogP contribution is 2.46. The van der Waals surface area contributed by atoms with Crippen molar-refractivity contribution in [3.63, 3.8) is 0 Å². The first kappa shape index (κ1) is 12.2. The van der Waals surface area contributed by atoms with Crippen molar-refractivity contribution >= 4 is 33.2 Å². The van der Waals surface area contributed by atoms with Crippen LogP contribution < -0.4 is 5.56 Å². The number of nitrogens with zero attached hydrogens (tertiary/aromatic N) is 1. The van der Waals surface area contributed by atoms with E-state index in [9.17, 15) is 4.79 Å². The summed E-state index contributed by atoms with van der Waals surface area (Å²) in [6, 6.07) is 0. The lowest BCUT2D eigenvalue weighted by Crippen LogP contribution is -2.12. The zero-order chi connectivity index (χ0) is 12.9. The maximum absolute atomic E-state index is 12.2. The summed E-state index contributed by atoms with van der Waals surface area (Å²) in [6.45, 7) is 4.06. The Balaban J connectivity index is 2.24. The van der Waals surface area contributed by atoms with Crippen LogP contribution in [0.4, 0.5) is 0 Å². The molecule has 0 saturated heterocycles. The van der Waals surface area contributed by atoms with Gasteiger partial charge in [0.05, 0.1) is 10.8 Å². The SMILES string of the molecule is CCC(Cl)c1nc2sc(C)c(C3CC3)c2c(=O)[nH]1. The Labute approximate surface area is 114 Å². The molecule has 1 aliphatic rings. The first-order valence-corrected chi connectivity index (χ1v) is 7.54. The minimum atomic E-state index is -0.214. The Kier molecular flexibility index (Phi) is 2.94. The van der Waals surface area contributed by atoms with Crippen LogP contribution in [0.5, 0.6) is 0 Å². The Morgan fingerprint density at radius 1 is 1.56 bits per heavy atom. The van der Waals surface area contributed by atoms with Gasteiger partial charge in [-0.25, -0.2) is 4.98 Å². The largest absolute Gasteiger partial charge is 0.309 e. The number of aromatic amines is 1. The van der Waals surface area contributed by atoms with Crippen LogP contribution in [0.15, 0.2) is 4.79 Å². The minimum absolute atomic E-state index is 0.0275. The van der Waals surface area contributed by atoms with Gasteiger partial charge in [-0.05, 0) is 37.7 Å². The third-order valence-corrected chi connectivity index (χ3v) is 4.97. The fourth-order valence-electron chi connectivity index (χ4n) is 2.36. The van der Waals surface area contributed by atoms with Crippen LogP contribution in [0.1, 0.15) is 53.7 Å². The Bertz CT molecular complexity index is 657. The number of hydrogen-bond acceptors (Lipinski definition) is 3. The summed E-state index contributed by atoms with van der Waals surface area (Å²) in [5, 5.41) is 0.581. The molecule has 2 heterocycles. The molecular formula is C13H15ClN2OS. The number of thiophene rings is 1. The van der Waals surface area contributed by atoms with Crippen LogP contribution in [-0.4, -0.2) is 9.97 Å². The van der Waals surface area contributed by atoms with Gasteiger partial charge in [0.2, 0.25) is 0 Å². The molecule has 0 aliphatic heterocycles. The van der Waals surface area contributed by atoms with E-state index in [2.05, 4.69) is 16.9 Å². The van der Waals surface area contributed by atoms with Gasteiger partial charge in [-0.15, -0.1) is 22.9 Å². The average molecular weight is 283 g/mol. The van der Waals surface area contributed by atoms with Crippen molar-refractivity contribution in [2.45, 2.75) is 44.4 Å². The Morgan fingerprint density at radius 3 is 2.89 bits per heavy atom. The topological polar surface area (TPSA) is 45.8 Å². The molecule has 2 aromatic rings. The van der Waals surface area contributed by atoms with Crippen LogP contribution >= 0.6 is 22.9 Å². The zero-order valence-electron chi connectivity index (χ0n) is 10.4. The molecule has 0 spiro atoms. The zero-order valence-corrected chi connectivity index (χ0v) is 12.0. The first-order chi connectivity index (χ1) is 8.61. The number of aryl methyl sites for hydroxylation is 1. The predicted molar refractivity (Wildman–Crippen MR) is 75.8 cm³/mol. The third kappa shape index (κ3) is 1.88. The van der Waals surface area contributed by atoms with E-state index in [0.29, 0.717) is 11.7 Å². The van der Waals surface area contributed by atoms with Crippen molar-refractivity contribution in [1.82, 2.24) is 9.97 Å². The number of alkyl halides is 1. The molecule has 1 N–H and O–H groups in total. The van der Waals surface area contributed by atoms with Gasteiger partial charge in [0.1, 0.15) is 10.7 Å². The van der Waals surface area contributed by atoms with E-state index < -0.39 is 0 Å². The third-order valence-electron chi connectivity index (χ3n) is 3.44. The van der Waals surface area contributed by atoms with E-state index in [0.717, 1.165) is 16.6 Å². The summed E-state index contributed by atoms with van der Waals surface area (Å²) in [4.78, 5) is 21.7. The summed E-state index contributed by atoms with van der Waals surface area (Å²) >= 11 is 7.77. The van der Waals surface area contributed by atoms with Crippen molar-refractivity contribution in [2.24, 2.45) is 0 Å². The van der Waals surface area contributed by atoms with Crippen molar-refractivity contribution in [1.29, 1.82) is 0 Å². The summed E-state index contributed by atoms with van der Waals surface area (Å²) in [6.07, 6.45) is 3.15. The Morgan fingerprint density at radius 2 is 2.28 bits per heavy atom. The fourth-order valence-corrected chi connectivity index (χ4v) is 3.58. The molecule has 0 amide bonds. The van der Waals surface area contributed by atoms with E-state index in [4.69, 9.17) is 11.6 Å². The number of H-pyrrole nitrogens is 1. The van der Waals surface area contributed by atoms with Crippen LogP contribution in [-0.2, 0) is 0 Å². The van der Waals surface area contributed by atoms with E-state index in [-0.39, 0.29) is 10.9 Å². The summed E-state index contributed by atoms with van der Waals surface area (Å²) in [5.74, 6) is 1.17. The molecular weight excluding hydrogens is 268 g/mol. The second-order valence-electron chi connectivity index (χ2n) is 4.85. The number of aromatic nitrogens is 2. The lowest BCUT2D eigenvalue weighted by molar-refractivity contribution is 0.806. The lowest BCUT2D eigenvalue weighted by atomic mass is 10.1. The Hall–Kier alpha value is -0.870. The molecule has 5 heteroatoms. The highest BCUT2D eigenvalue weighted by Gasteiger charge is 2.30. The van der Waals surface area contributed by atoms with E-state index in [1.54, 1.807) is 11.3 Å². The predicted octanol–water partition coefficient (Wildman–Crippen LogP) is 3.86. The average Bonchev–Trinajstić information content (AvgIpc) is 3.11. The van der Waals surface area contributed by atoms with E-state index in [1.807, 2.05) is 6.92 Å². The fraction of sp³-hybridized carbons (Fsp3) is 0.538. The first-order valence-electron chi connectivity index (χ1n) is 6.29. The molecule has 3 nitrogen and oxygen atoms in total. The van der Waals surface area contributed by atoms with E-state index in [1.165, 1.54) is 23.3 Å². The molecule has 2 aromatic heterocycles. The van der Waals surface area contributed by atoms with Gasteiger partial charge >= 0.3 is 0 Å². The maximum Gasteiger partial charge on any atom is 0.259 e. The molecule has 3 rings (SSSR count). The smallest absolute Gasteiger partial charge is 0.259 e. The molecule has 1 aliphatic carbocycles. The monoisotopic (exact) mass is 282 g/mol. The highest BCUT2D eigenvalue weighted by molar-refractivity contribution is 7.18. The molecule has 0 bridgehead atoms. The molecule has 0 radical (unpaired) electrons. The van der Waals surface area contributed by atoms with Gasteiger partial charge in [-0.3, -0.25) is 4.79 Å². The van der Waals surface area contributed by atoms with Crippen LogP contribution in [0.25, 0.3) is 10.2 Å². The van der Waals surface area contributed by atoms with Gasteiger partial charge in [-0.2, -0.15) is 0 Å². The number of rotatable bonds is 3. The molecule has 1 atom stereocenters. The quantitative estimate of drug-likeness (QED) is 0.869. The van der Waals surface area contributed by atoms with E-state index >= 15 is 0 Å². The standard InChI is InChI=1S/C13H15ClN2OS/c1-3-8(14)11-15-12(17)10-9(7-4-5-7)6(2)18-13(10)16-11/h7-8H,3-5H2,1-2H3,(H,15,16,17). The number of nitrogens with one attached hydrogen (secondary N) is 1. The normalized spacial score (nSPS) is 17.3. The van der Waals surface area contributed by atoms with Gasteiger partial charge in [0, 0.05) is 4.88 Å². The molecule has 0 aromatic carbocycles. The van der Waals surface area contributed by atoms with Crippen molar-refractivity contribution < 1.29 is 0 Å². The van der Waals surface area contributed by atoms with Crippen LogP contribution in [0.2, 0.25) is 0 Å². The molecule has 96 valence electrons. The highest BCUT2D eigenvalue weighted by atomic mass is 35.5. The van der Waals surface area contributed by atoms with Gasteiger partial charge in [-0.1, -0.05) is 6.92 Å². The van der Waals surface area contributed by atoms with Crippen LogP contribution in [0.3, 0.4) is 0 Å². The van der Waals surface area contributed by atoms with Gasteiger partial charge < -0.3 is 4.98 Å². The van der Waals surface area contributed by atoms with Gasteiger partial charge in [0.25, 0.3) is 5.56 Å². The molecule has 18 heavy (non-hydrogen) atoms. The summed E-state index contributed by atoms with van der Waals surface area (Å²) in [5.41, 5.74) is 1.19. The molecule has 1 saturated carbocycles. The second kappa shape index (κ2) is 4.35. The lowest BCUT2D eigenvalue weighted by Gasteiger charge is -2.05. The molecule has 1 unspecified atom stereocenters. The maximum atomic E-state index is 12.2. The number of fused-ring (bicyclic) bond motifs is 1. The number of halogens is 1. The summed E-state index contributed by atoms with van der Waals surface area (Å²) in [7, 11) is 0. The summed E-state index contributed by atoms with van der Waals surface area (Å²) < 4.78 is 0. The minimum Gasteiger partial charge on any atom is -0.309 e. The second-order valence-corrected chi connectivity index (χ2v) is 6.58. The number of hydrogen-bond donors (Lipinski definition) is 1.